The third-order valence-corrected chi connectivity index (χ3v) is 2.45. The van der Waals surface area contributed by atoms with Crippen molar-refractivity contribution in [1.82, 2.24) is 0 Å². The number of nitrogens with two attached hydrogens (primary N) is 1. The van der Waals surface area contributed by atoms with E-state index in [1.54, 1.807) is 0 Å². The van der Waals surface area contributed by atoms with Crippen molar-refractivity contribution in [2.45, 2.75) is 0 Å². The lowest BCUT2D eigenvalue weighted by Gasteiger charge is -2.06. The number of nitrogen functional groups attached to an aromatic ring is 1. The van der Waals surface area contributed by atoms with E-state index in [4.69, 9.17) is 10.6 Å². The highest BCUT2D eigenvalue weighted by atomic mass is 31.1. The van der Waals surface area contributed by atoms with Crippen LogP contribution in [-0.2, 0) is 0 Å². The van der Waals surface area contributed by atoms with Crippen molar-refractivity contribution in [3.05, 3.63) is 23.8 Å². The van der Waals surface area contributed by atoms with Crippen molar-refractivity contribution in [3.63, 3.8) is 0 Å². The van der Waals surface area contributed by atoms with Crippen molar-refractivity contribution < 1.29 is 13.7 Å². The molecule has 0 aromatic heterocycles. The van der Waals surface area contributed by atoms with Crippen LogP contribution >= 0.6 is 8.15 Å². The Labute approximate surface area is 69.8 Å². The van der Waals surface area contributed by atoms with E-state index >= 15 is 0 Å². The molecule has 0 spiro atoms. The summed E-state index contributed by atoms with van der Waals surface area (Å²) >= 11 is 0. The van der Waals surface area contributed by atoms with Gasteiger partial charge in [-0.3, -0.25) is 0 Å². The minimum Gasteiger partial charge on any atom is -0.396 e. The summed E-state index contributed by atoms with van der Waals surface area (Å²) in [5, 5.41) is -0.0169. The molecular weight excluding hydrogens is 183 g/mol. The normalized spacial score (nSPS) is 13.0. The minimum atomic E-state index is -1.62. The van der Waals surface area contributed by atoms with Gasteiger partial charge >= 0.3 is 0 Å². The fourth-order valence-electron chi connectivity index (χ4n) is 0.800. The molecule has 1 aromatic carbocycles. The summed E-state index contributed by atoms with van der Waals surface area (Å²) in [4.78, 5) is 9.04. The van der Waals surface area contributed by atoms with Gasteiger partial charge in [-0.05, 0) is 12.7 Å². The highest BCUT2D eigenvalue weighted by molar-refractivity contribution is 7.59. The molecule has 0 saturated carbocycles. The van der Waals surface area contributed by atoms with Gasteiger partial charge in [-0.15, -0.1) is 0 Å². The molecule has 0 saturated heterocycles. The average Bonchev–Trinajstić information content (AvgIpc) is 1.96. The Balaban J connectivity index is 3.23. The predicted octanol–water partition coefficient (Wildman–Crippen LogP) is 1.19. The number of rotatable bonds is 1. The molecule has 1 aromatic rings. The van der Waals surface area contributed by atoms with Crippen molar-refractivity contribution in [1.29, 1.82) is 0 Å². The molecule has 0 amide bonds. The first-order chi connectivity index (χ1) is 5.52. The predicted molar refractivity (Wildman–Crippen MR) is 45.5 cm³/mol. The Bertz CT molecular complexity index is 304. The molecule has 2 nitrogen and oxygen atoms in total. The Kier molecular flexibility index (Phi) is 2.60. The van der Waals surface area contributed by atoms with Crippen LogP contribution in [-0.4, -0.2) is 11.6 Å². The van der Waals surface area contributed by atoms with E-state index < -0.39 is 19.8 Å². The van der Waals surface area contributed by atoms with Gasteiger partial charge in [-0.1, -0.05) is 0 Å². The molecule has 1 unspecified atom stereocenters. The molecule has 66 valence electrons. The Morgan fingerprint density at radius 1 is 1.33 bits per heavy atom. The number of benzene rings is 1. The molecule has 5 heteroatoms. The van der Waals surface area contributed by atoms with E-state index in [0.717, 1.165) is 12.1 Å². The summed E-state index contributed by atoms with van der Waals surface area (Å²) in [5.74, 6) is -1.36. The van der Waals surface area contributed by atoms with E-state index in [-0.39, 0.29) is 11.0 Å². The van der Waals surface area contributed by atoms with Gasteiger partial charge in [0.2, 0.25) is 0 Å². The molecular formula is C7H8F2NOP. The SMILES string of the molecule is CP(O)c1cc(F)c(N)cc1F. The lowest BCUT2D eigenvalue weighted by molar-refractivity contribution is 0.603. The summed E-state index contributed by atoms with van der Waals surface area (Å²) < 4.78 is 25.6. The number of hydrogen-bond acceptors (Lipinski definition) is 2. The Hall–Kier alpha value is -0.730. The van der Waals surface area contributed by atoms with Gasteiger partial charge < -0.3 is 10.6 Å². The van der Waals surface area contributed by atoms with Crippen molar-refractivity contribution >= 4 is 19.1 Å². The van der Waals surface area contributed by atoms with Gasteiger partial charge in [0.15, 0.2) is 0 Å². The van der Waals surface area contributed by atoms with Gasteiger partial charge in [0.05, 0.1) is 13.8 Å². The standard InChI is InChI=1S/C7H8F2NOP/c1-12(11)7-3-4(8)6(10)2-5(7)9/h2-3,11H,10H2,1H3. The minimum absolute atomic E-state index is 0.0169. The zero-order valence-corrected chi connectivity index (χ0v) is 7.28. The maximum absolute atomic E-state index is 12.9. The van der Waals surface area contributed by atoms with Crippen LogP contribution in [0, 0.1) is 11.6 Å². The molecule has 0 aliphatic heterocycles. The summed E-state index contributed by atoms with van der Waals surface area (Å²) in [6, 6.07) is 1.80. The van der Waals surface area contributed by atoms with Crippen molar-refractivity contribution in [2.75, 3.05) is 12.4 Å². The lowest BCUT2D eigenvalue weighted by atomic mass is 10.3. The van der Waals surface area contributed by atoms with Crippen LogP contribution < -0.4 is 11.0 Å². The third kappa shape index (κ3) is 1.71. The molecule has 0 heterocycles. The molecule has 12 heavy (non-hydrogen) atoms. The highest BCUT2D eigenvalue weighted by Gasteiger charge is 2.11. The first-order valence-electron chi connectivity index (χ1n) is 3.19. The van der Waals surface area contributed by atoms with Gasteiger partial charge in [0.1, 0.15) is 11.6 Å². The molecule has 0 aliphatic carbocycles. The van der Waals surface area contributed by atoms with Crippen LogP contribution in [0.25, 0.3) is 0 Å². The van der Waals surface area contributed by atoms with E-state index in [2.05, 4.69) is 0 Å². The molecule has 0 fully saturated rings. The topological polar surface area (TPSA) is 46.2 Å². The molecule has 0 radical (unpaired) electrons. The van der Waals surface area contributed by atoms with Crippen molar-refractivity contribution in [2.24, 2.45) is 0 Å². The van der Waals surface area contributed by atoms with Crippen molar-refractivity contribution in [3.8, 4) is 0 Å². The van der Waals surface area contributed by atoms with Crippen LogP contribution in [0.2, 0.25) is 0 Å². The van der Waals surface area contributed by atoms with Gasteiger partial charge in [-0.25, -0.2) is 8.78 Å². The highest BCUT2D eigenvalue weighted by Crippen LogP contribution is 2.26. The monoisotopic (exact) mass is 191 g/mol. The fraction of sp³-hybridized carbons (Fsp3) is 0.143. The second-order valence-electron chi connectivity index (χ2n) is 2.35. The van der Waals surface area contributed by atoms with E-state index in [1.807, 2.05) is 0 Å². The first kappa shape index (κ1) is 9.36. The lowest BCUT2D eigenvalue weighted by Crippen LogP contribution is -2.08. The molecule has 3 N–H and O–H groups in total. The first-order valence-corrected chi connectivity index (χ1v) is 4.93. The second-order valence-corrected chi connectivity index (χ2v) is 3.88. The van der Waals surface area contributed by atoms with Crippen LogP contribution in [0.3, 0.4) is 0 Å². The van der Waals surface area contributed by atoms with Crippen LogP contribution in [0.1, 0.15) is 0 Å². The molecule has 0 aliphatic rings. The number of anilines is 1. The number of hydrogen-bond donors (Lipinski definition) is 2. The summed E-state index contributed by atoms with van der Waals surface area (Å²) in [7, 11) is -1.62. The zero-order valence-electron chi connectivity index (χ0n) is 6.38. The van der Waals surface area contributed by atoms with Gasteiger partial charge in [-0.2, -0.15) is 0 Å². The average molecular weight is 191 g/mol. The quantitative estimate of drug-likeness (QED) is 0.517. The molecule has 1 atom stereocenters. The largest absolute Gasteiger partial charge is 0.396 e. The smallest absolute Gasteiger partial charge is 0.147 e. The summed E-state index contributed by atoms with van der Waals surface area (Å²) in [5.41, 5.74) is 4.86. The van der Waals surface area contributed by atoms with Crippen LogP contribution in [0.4, 0.5) is 14.5 Å². The summed E-state index contributed by atoms with van der Waals surface area (Å²) in [6.07, 6.45) is 0. The van der Waals surface area contributed by atoms with E-state index in [0.29, 0.717) is 0 Å². The number of halogens is 2. The van der Waals surface area contributed by atoms with Gasteiger partial charge in [0, 0.05) is 11.4 Å². The zero-order chi connectivity index (χ0) is 9.30. The fourth-order valence-corrected chi connectivity index (χ4v) is 1.47. The molecule has 1 rings (SSSR count). The van der Waals surface area contributed by atoms with Crippen LogP contribution in [0.5, 0.6) is 0 Å². The Morgan fingerprint density at radius 3 is 2.42 bits per heavy atom. The van der Waals surface area contributed by atoms with E-state index in [9.17, 15) is 8.78 Å². The second kappa shape index (κ2) is 3.33. The summed E-state index contributed by atoms with van der Waals surface area (Å²) in [6.45, 7) is 1.42. The maximum atomic E-state index is 12.9. The Morgan fingerprint density at radius 2 is 1.92 bits per heavy atom. The maximum Gasteiger partial charge on any atom is 0.147 e. The third-order valence-electron chi connectivity index (χ3n) is 1.41. The molecule has 0 bridgehead atoms. The van der Waals surface area contributed by atoms with Gasteiger partial charge in [0.25, 0.3) is 0 Å². The van der Waals surface area contributed by atoms with Crippen LogP contribution in [0.15, 0.2) is 12.1 Å². The van der Waals surface area contributed by atoms with E-state index in [1.165, 1.54) is 6.66 Å².